The van der Waals surface area contributed by atoms with E-state index in [2.05, 4.69) is 68.2 Å². The van der Waals surface area contributed by atoms with Crippen molar-refractivity contribution in [2.75, 3.05) is 26.2 Å². The fourth-order valence-electron chi connectivity index (χ4n) is 2.50. The summed E-state index contributed by atoms with van der Waals surface area (Å²) in [6.45, 7) is 13.6. The van der Waals surface area contributed by atoms with Crippen LogP contribution in [0.3, 0.4) is 0 Å². The molecule has 0 aliphatic carbocycles. The zero-order valence-corrected chi connectivity index (χ0v) is 13.0. The number of hydrogen-bond donors (Lipinski definition) is 1. The highest BCUT2D eigenvalue weighted by Crippen LogP contribution is 2.20. The minimum Gasteiger partial charge on any atom is -0.310 e. The van der Waals surface area contributed by atoms with E-state index in [0.29, 0.717) is 12.0 Å². The molecule has 0 heterocycles. The first-order chi connectivity index (χ1) is 9.19. The average molecular weight is 262 g/mol. The Kier molecular flexibility index (Phi) is 7.76. The van der Waals surface area contributed by atoms with E-state index in [0.717, 1.165) is 19.6 Å². The summed E-state index contributed by atoms with van der Waals surface area (Å²) < 4.78 is 0. The normalized spacial score (nSPS) is 13.2. The Hall–Kier alpha value is -0.860. The van der Waals surface area contributed by atoms with Crippen LogP contribution in [0.25, 0.3) is 0 Å². The molecule has 0 radical (unpaired) electrons. The lowest BCUT2D eigenvalue weighted by molar-refractivity contribution is 0.292. The summed E-state index contributed by atoms with van der Waals surface area (Å²) in [7, 11) is 0. The van der Waals surface area contributed by atoms with Gasteiger partial charge in [0.15, 0.2) is 0 Å². The summed E-state index contributed by atoms with van der Waals surface area (Å²) >= 11 is 0. The molecule has 2 nitrogen and oxygen atoms in total. The lowest BCUT2D eigenvalue weighted by Crippen LogP contribution is -2.30. The summed E-state index contributed by atoms with van der Waals surface area (Å²) in [4.78, 5) is 2.48. The number of nitrogens with one attached hydrogen (secondary N) is 1. The van der Waals surface area contributed by atoms with Gasteiger partial charge in [-0.2, -0.15) is 0 Å². The minimum atomic E-state index is 0.470. The van der Waals surface area contributed by atoms with E-state index in [9.17, 15) is 0 Å². The molecule has 0 saturated carbocycles. The van der Waals surface area contributed by atoms with Crippen molar-refractivity contribution in [3.05, 3.63) is 35.9 Å². The van der Waals surface area contributed by atoms with E-state index in [4.69, 9.17) is 0 Å². The average Bonchev–Trinajstić information content (AvgIpc) is 2.43. The molecule has 2 heteroatoms. The zero-order valence-electron chi connectivity index (χ0n) is 13.0. The Bertz CT molecular complexity index is 317. The molecule has 0 saturated heterocycles. The van der Waals surface area contributed by atoms with Crippen molar-refractivity contribution >= 4 is 0 Å². The van der Waals surface area contributed by atoms with Crippen LogP contribution in [-0.2, 0) is 0 Å². The van der Waals surface area contributed by atoms with Crippen molar-refractivity contribution in [1.82, 2.24) is 10.2 Å². The molecule has 0 aromatic heterocycles. The van der Waals surface area contributed by atoms with E-state index in [1.165, 1.54) is 18.5 Å². The SMILES string of the molecule is CCN(CC)CCCNC(c1ccccc1)C(C)C. The van der Waals surface area contributed by atoms with Gasteiger partial charge in [-0.3, -0.25) is 0 Å². The van der Waals surface area contributed by atoms with Crippen LogP contribution < -0.4 is 5.32 Å². The first-order valence-corrected chi connectivity index (χ1v) is 7.69. The largest absolute Gasteiger partial charge is 0.310 e. The van der Waals surface area contributed by atoms with Crippen LogP contribution in [0.15, 0.2) is 30.3 Å². The minimum absolute atomic E-state index is 0.470. The van der Waals surface area contributed by atoms with Crippen LogP contribution in [0, 0.1) is 5.92 Å². The fourth-order valence-corrected chi connectivity index (χ4v) is 2.50. The second-order valence-electron chi connectivity index (χ2n) is 5.47. The quantitative estimate of drug-likeness (QED) is 0.683. The van der Waals surface area contributed by atoms with Gasteiger partial charge in [-0.15, -0.1) is 0 Å². The third-order valence-electron chi connectivity index (χ3n) is 3.74. The Balaban J connectivity index is 2.39. The van der Waals surface area contributed by atoms with E-state index in [1.807, 2.05) is 0 Å². The lowest BCUT2D eigenvalue weighted by Gasteiger charge is -2.24. The molecule has 1 aromatic rings. The first-order valence-electron chi connectivity index (χ1n) is 7.69. The van der Waals surface area contributed by atoms with Gasteiger partial charge in [-0.05, 0) is 44.1 Å². The van der Waals surface area contributed by atoms with Crippen molar-refractivity contribution < 1.29 is 0 Å². The van der Waals surface area contributed by atoms with Gasteiger partial charge in [0.2, 0.25) is 0 Å². The molecule has 1 aromatic carbocycles. The smallest absolute Gasteiger partial charge is 0.0343 e. The topological polar surface area (TPSA) is 15.3 Å². The molecular weight excluding hydrogens is 232 g/mol. The third-order valence-corrected chi connectivity index (χ3v) is 3.74. The van der Waals surface area contributed by atoms with Crippen molar-refractivity contribution in [2.45, 2.75) is 40.2 Å². The van der Waals surface area contributed by atoms with Gasteiger partial charge in [0.05, 0.1) is 0 Å². The van der Waals surface area contributed by atoms with E-state index in [1.54, 1.807) is 0 Å². The van der Waals surface area contributed by atoms with Gasteiger partial charge >= 0.3 is 0 Å². The van der Waals surface area contributed by atoms with Crippen LogP contribution in [0.1, 0.15) is 45.7 Å². The number of benzene rings is 1. The Morgan fingerprint density at radius 1 is 1.05 bits per heavy atom. The molecule has 0 spiro atoms. The highest BCUT2D eigenvalue weighted by Gasteiger charge is 2.14. The molecule has 19 heavy (non-hydrogen) atoms. The van der Waals surface area contributed by atoms with Gasteiger partial charge in [0.1, 0.15) is 0 Å². The van der Waals surface area contributed by atoms with E-state index < -0.39 is 0 Å². The van der Waals surface area contributed by atoms with Gasteiger partial charge < -0.3 is 10.2 Å². The van der Waals surface area contributed by atoms with Gasteiger partial charge in [0, 0.05) is 6.04 Å². The molecule has 0 bridgehead atoms. The van der Waals surface area contributed by atoms with Crippen molar-refractivity contribution in [1.29, 1.82) is 0 Å². The van der Waals surface area contributed by atoms with Gasteiger partial charge in [-0.1, -0.05) is 58.0 Å². The summed E-state index contributed by atoms with van der Waals surface area (Å²) in [6, 6.07) is 11.3. The lowest BCUT2D eigenvalue weighted by atomic mass is 9.96. The second-order valence-corrected chi connectivity index (χ2v) is 5.47. The Morgan fingerprint density at radius 2 is 1.68 bits per heavy atom. The van der Waals surface area contributed by atoms with Crippen molar-refractivity contribution in [2.24, 2.45) is 5.92 Å². The summed E-state index contributed by atoms with van der Waals surface area (Å²) in [6.07, 6.45) is 1.22. The maximum Gasteiger partial charge on any atom is 0.0343 e. The standard InChI is InChI=1S/C17H30N2/c1-5-19(6-2)14-10-13-18-17(15(3)4)16-11-8-7-9-12-16/h7-9,11-12,15,17-18H,5-6,10,13-14H2,1-4H3. The van der Waals surface area contributed by atoms with Crippen LogP contribution in [0.2, 0.25) is 0 Å². The maximum atomic E-state index is 3.71. The van der Waals surface area contributed by atoms with Crippen LogP contribution in [0.4, 0.5) is 0 Å². The number of rotatable bonds is 9. The first kappa shape index (κ1) is 16.2. The van der Waals surface area contributed by atoms with Crippen molar-refractivity contribution in [3.63, 3.8) is 0 Å². The Morgan fingerprint density at radius 3 is 2.21 bits per heavy atom. The predicted octanol–water partition coefficient (Wildman–Crippen LogP) is 3.71. The second kappa shape index (κ2) is 9.11. The molecular formula is C17H30N2. The molecule has 0 aliphatic heterocycles. The van der Waals surface area contributed by atoms with Gasteiger partial charge in [0.25, 0.3) is 0 Å². The molecule has 1 atom stereocenters. The Labute approximate surface area is 119 Å². The third kappa shape index (κ3) is 5.75. The summed E-state index contributed by atoms with van der Waals surface area (Å²) in [5.41, 5.74) is 1.40. The summed E-state index contributed by atoms with van der Waals surface area (Å²) in [5.74, 6) is 0.621. The van der Waals surface area contributed by atoms with Crippen LogP contribution in [0.5, 0.6) is 0 Å². The summed E-state index contributed by atoms with van der Waals surface area (Å²) in [5, 5.41) is 3.71. The molecule has 1 rings (SSSR count). The van der Waals surface area contributed by atoms with Crippen LogP contribution in [-0.4, -0.2) is 31.1 Å². The van der Waals surface area contributed by atoms with Gasteiger partial charge in [-0.25, -0.2) is 0 Å². The van der Waals surface area contributed by atoms with Crippen molar-refractivity contribution in [3.8, 4) is 0 Å². The molecule has 0 amide bonds. The molecule has 0 aliphatic rings. The molecule has 1 unspecified atom stereocenters. The fraction of sp³-hybridized carbons (Fsp3) is 0.647. The van der Waals surface area contributed by atoms with E-state index >= 15 is 0 Å². The number of hydrogen-bond acceptors (Lipinski definition) is 2. The maximum absolute atomic E-state index is 3.71. The highest BCUT2D eigenvalue weighted by atomic mass is 15.1. The molecule has 108 valence electrons. The monoisotopic (exact) mass is 262 g/mol. The van der Waals surface area contributed by atoms with Crippen LogP contribution >= 0.6 is 0 Å². The predicted molar refractivity (Wildman–Crippen MR) is 84.4 cm³/mol. The zero-order chi connectivity index (χ0) is 14.1. The molecule has 0 fully saturated rings. The molecule has 1 N–H and O–H groups in total. The number of nitrogens with zero attached hydrogens (tertiary/aromatic N) is 1. The highest BCUT2D eigenvalue weighted by molar-refractivity contribution is 5.19. The van der Waals surface area contributed by atoms with E-state index in [-0.39, 0.29) is 0 Å².